The number of urea groups is 1. The highest BCUT2D eigenvalue weighted by molar-refractivity contribution is 8.13. The van der Waals surface area contributed by atoms with Crippen LogP contribution < -0.4 is 5.32 Å². The second kappa shape index (κ2) is 12.7. The molecule has 3 amide bonds. The number of carbonyl (C=O) groups excluding carboxylic acids is 3. The summed E-state index contributed by atoms with van der Waals surface area (Å²) in [5, 5.41) is 2.83. The number of likely N-dealkylation sites (N-methyl/N-ethyl adjacent to an activating group) is 1. The van der Waals surface area contributed by atoms with Gasteiger partial charge in [0.2, 0.25) is 5.91 Å². The van der Waals surface area contributed by atoms with Crippen molar-refractivity contribution in [3.05, 3.63) is 35.6 Å². The summed E-state index contributed by atoms with van der Waals surface area (Å²) in [6, 6.07) is 5.41. The van der Waals surface area contributed by atoms with Crippen molar-refractivity contribution in [3.8, 4) is 0 Å². The number of carbonyl (C=O) groups is 3. The number of hydrogen-bond donors (Lipinski definition) is 1. The first kappa shape index (κ1) is 25.1. The highest BCUT2D eigenvalue weighted by Crippen LogP contribution is 2.09. The molecule has 1 heterocycles. The normalized spacial score (nSPS) is 15.4. The van der Waals surface area contributed by atoms with Crippen molar-refractivity contribution >= 4 is 28.8 Å². The lowest BCUT2D eigenvalue weighted by molar-refractivity contribution is -0.134. The van der Waals surface area contributed by atoms with E-state index in [-0.39, 0.29) is 22.9 Å². The van der Waals surface area contributed by atoms with Crippen LogP contribution in [-0.4, -0.2) is 89.9 Å². The summed E-state index contributed by atoms with van der Waals surface area (Å²) in [6.07, 6.45) is 1.41. The molecule has 1 aliphatic heterocycles. The Kier molecular flexibility index (Phi) is 10.3. The maximum atomic E-state index is 13.1. The van der Waals surface area contributed by atoms with Crippen molar-refractivity contribution in [2.45, 2.75) is 32.7 Å². The molecule has 0 saturated carbocycles. The third-order valence-corrected chi connectivity index (χ3v) is 6.08. The Labute approximate surface area is 188 Å². The highest BCUT2D eigenvalue weighted by Gasteiger charge is 2.26. The van der Waals surface area contributed by atoms with E-state index in [0.29, 0.717) is 44.8 Å². The molecular weight excluding hydrogens is 419 g/mol. The van der Waals surface area contributed by atoms with Gasteiger partial charge < -0.3 is 20.0 Å². The van der Waals surface area contributed by atoms with Crippen LogP contribution in [0.15, 0.2) is 24.3 Å². The smallest absolute Gasteiger partial charge is 0.318 e. The standard InChI is InChI=1S/C22H33FN4O3S/c1-17(21(29)26-13-11-25(3)12-14-26)24-22(30)27(15-16-31-18(2)28)10-4-5-19-6-8-20(23)9-7-19/h6-9,17H,4-5,10-16H2,1-3H3,(H,24,30). The predicted molar refractivity (Wildman–Crippen MR) is 122 cm³/mol. The van der Waals surface area contributed by atoms with Gasteiger partial charge in [-0.3, -0.25) is 9.59 Å². The Morgan fingerprint density at radius 1 is 1.13 bits per heavy atom. The fourth-order valence-corrected chi connectivity index (χ4v) is 3.98. The molecule has 1 fully saturated rings. The molecule has 1 aromatic rings. The first-order chi connectivity index (χ1) is 14.8. The summed E-state index contributed by atoms with van der Waals surface area (Å²) in [7, 11) is 2.02. The average Bonchev–Trinajstić information content (AvgIpc) is 2.73. The molecular formula is C22H33FN4O3S. The Balaban J connectivity index is 1.88. The number of halogens is 1. The zero-order chi connectivity index (χ0) is 22.8. The van der Waals surface area contributed by atoms with Gasteiger partial charge in [0, 0.05) is 51.9 Å². The molecule has 172 valence electrons. The number of nitrogens with one attached hydrogen (secondary N) is 1. The van der Waals surface area contributed by atoms with Crippen LogP contribution in [0.5, 0.6) is 0 Å². The second-order valence-electron chi connectivity index (χ2n) is 7.86. The Bertz CT molecular complexity index is 739. The Morgan fingerprint density at radius 2 is 1.77 bits per heavy atom. The van der Waals surface area contributed by atoms with E-state index in [0.717, 1.165) is 18.7 Å². The van der Waals surface area contributed by atoms with E-state index in [1.807, 2.05) is 7.05 Å². The minimum Gasteiger partial charge on any atom is -0.338 e. The summed E-state index contributed by atoms with van der Waals surface area (Å²) in [6.45, 7) is 7.07. The van der Waals surface area contributed by atoms with Crippen LogP contribution in [0.3, 0.4) is 0 Å². The van der Waals surface area contributed by atoms with Crippen molar-refractivity contribution in [2.24, 2.45) is 0 Å². The first-order valence-electron chi connectivity index (χ1n) is 10.7. The number of aryl methyl sites for hydroxylation is 1. The molecule has 1 unspecified atom stereocenters. The Hall–Kier alpha value is -2.13. The molecule has 1 N–H and O–H groups in total. The van der Waals surface area contributed by atoms with E-state index in [1.165, 1.54) is 30.8 Å². The van der Waals surface area contributed by atoms with Crippen LogP contribution in [0, 0.1) is 5.82 Å². The minimum atomic E-state index is -0.615. The fourth-order valence-electron chi connectivity index (χ4n) is 3.38. The van der Waals surface area contributed by atoms with Crippen LogP contribution in [0.25, 0.3) is 0 Å². The fraction of sp³-hybridized carbons (Fsp3) is 0.591. The number of benzene rings is 1. The lowest BCUT2D eigenvalue weighted by atomic mass is 10.1. The topological polar surface area (TPSA) is 73.0 Å². The maximum absolute atomic E-state index is 13.1. The molecule has 1 aromatic carbocycles. The van der Waals surface area contributed by atoms with Gasteiger partial charge in [0.15, 0.2) is 5.12 Å². The van der Waals surface area contributed by atoms with Gasteiger partial charge in [-0.2, -0.15) is 0 Å². The average molecular weight is 453 g/mol. The van der Waals surface area contributed by atoms with E-state index < -0.39 is 6.04 Å². The molecule has 1 aliphatic rings. The molecule has 0 radical (unpaired) electrons. The van der Waals surface area contributed by atoms with Crippen LogP contribution in [-0.2, 0) is 16.0 Å². The molecule has 0 spiro atoms. The molecule has 7 nitrogen and oxygen atoms in total. The van der Waals surface area contributed by atoms with Crippen LogP contribution >= 0.6 is 11.8 Å². The zero-order valence-corrected chi connectivity index (χ0v) is 19.4. The summed E-state index contributed by atoms with van der Waals surface area (Å²) in [5.41, 5.74) is 0.999. The SMILES string of the molecule is CC(=O)SCCN(CCCc1ccc(F)cc1)C(=O)NC(C)C(=O)N1CCN(C)CC1. The van der Waals surface area contributed by atoms with Gasteiger partial charge in [0.25, 0.3) is 0 Å². The summed E-state index contributed by atoms with van der Waals surface area (Å²) in [5.74, 6) is 0.149. The van der Waals surface area contributed by atoms with Crippen molar-refractivity contribution in [1.82, 2.24) is 20.0 Å². The van der Waals surface area contributed by atoms with Gasteiger partial charge in [0.05, 0.1) is 0 Å². The maximum Gasteiger partial charge on any atom is 0.318 e. The van der Waals surface area contributed by atoms with Gasteiger partial charge in [-0.05, 0) is 44.5 Å². The van der Waals surface area contributed by atoms with Crippen molar-refractivity contribution in [3.63, 3.8) is 0 Å². The van der Waals surface area contributed by atoms with E-state index >= 15 is 0 Å². The van der Waals surface area contributed by atoms with Gasteiger partial charge in [-0.15, -0.1) is 0 Å². The highest BCUT2D eigenvalue weighted by atomic mass is 32.2. The minimum absolute atomic E-state index is 0.00489. The van der Waals surface area contributed by atoms with Gasteiger partial charge in [-0.25, -0.2) is 9.18 Å². The lowest BCUT2D eigenvalue weighted by Gasteiger charge is -2.34. The largest absolute Gasteiger partial charge is 0.338 e. The van der Waals surface area contributed by atoms with E-state index in [9.17, 15) is 18.8 Å². The predicted octanol–water partition coefficient (Wildman–Crippen LogP) is 2.21. The summed E-state index contributed by atoms with van der Waals surface area (Å²) in [4.78, 5) is 42.4. The van der Waals surface area contributed by atoms with Crippen LogP contribution in [0.2, 0.25) is 0 Å². The zero-order valence-electron chi connectivity index (χ0n) is 18.6. The number of thioether (sulfide) groups is 1. The molecule has 0 bridgehead atoms. The van der Waals surface area contributed by atoms with Crippen molar-refractivity contribution in [1.29, 1.82) is 0 Å². The number of amides is 3. The van der Waals surface area contributed by atoms with E-state index in [4.69, 9.17) is 0 Å². The van der Waals surface area contributed by atoms with Gasteiger partial charge in [0.1, 0.15) is 11.9 Å². The molecule has 2 rings (SSSR count). The lowest BCUT2D eigenvalue weighted by Crippen LogP contribution is -2.55. The third-order valence-electron chi connectivity index (χ3n) is 5.29. The quantitative estimate of drug-likeness (QED) is 0.622. The molecule has 31 heavy (non-hydrogen) atoms. The monoisotopic (exact) mass is 452 g/mol. The van der Waals surface area contributed by atoms with Crippen LogP contribution in [0.1, 0.15) is 25.8 Å². The second-order valence-corrected chi connectivity index (χ2v) is 9.13. The number of nitrogens with zero attached hydrogens (tertiary/aromatic N) is 3. The number of piperazine rings is 1. The van der Waals surface area contributed by atoms with Crippen molar-refractivity contribution in [2.75, 3.05) is 52.1 Å². The molecule has 0 aliphatic carbocycles. The third kappa shape index (κ3) is 8.86. The van der Waals surface area contributed by atoms with Crippen molar-refractivity contribution < 1.29 is 18.8 Å². The summed E-state index contributed by atoms with van der Waals surface area (Å²) < 4.78 is 13.1. The molecule has 0 aromatic heterocycles. The van der Waals surface area contributed by atoms with E-state index in [1.54, 1.807) is 28.9 Å². The molecule has 1 atom stereocenters. The molecule has 1 saturated heterocycles. The Morgan fingerprint density at radius 3 is 2.39 bits per heavy atom. The number of rotatable bonds is 9. The van der Waals surface area contributed by atoms with Gasteiger partial charge in [-0.1, -0.05) is 23.9 Å². The van der Waals surface area contributed by atoms with Crippen LogP contribution in [0.4, 0.5) is 9.18 Å². The summed E-state index contributed by atoms with van der Waals surface area (Å²) >= 11 is 1.17. The van der Waals surface area contributed by atoms with E-state index in [2.05, 4.69) is 10.2 Å². The number of hydrogen-bond acceptors (Lipinski definition) is 5. The molecule has 9 heteroatoms. The van der Waals surface area contributed by atoms with Gasteiger partial charge >= 0.3 is 6.03 Å². The first-order valence-corrected chi connectivity index (χ1v) is 11.7.